The fraction of sp³-hybridized carbons (Fsp3) is 0.267. The first-order valence-corrected chi connectivity index (χ1v) is 5.65. The average molecular weight is 243 g/mol. The molecule has 0 aliphatic heterocycles. The van der Waals surface area contributed by atoms with Gasteiger partial charge in [0, 0.05) is 6.54 Å². The molecule has 0 heterocycles. The van der Waals surface area contributed by atoms with Crippen LogP contribution in [0.4, 0.5) is 0 Å². The van der Waals surface area contributed by atoms with Gasteiger partial charge < -0.3 is 4.74 Å². The van der Waals surface area contributed by atoms with E-state index >= 15 is 0 Å². The van der Waals surface area contributed by atoms with Gasteiger partial charge in [-0.3, -0.25) is 4.90 Å². The first-order chi connectivity index (χ1) is 8.74. The molecule has 0 saturated heterocycles. The highest BCUT2D eigenvalue weighted by Gasteiger charge is 2.27. The second-order valence-corrected chi connectivity index (χ2v) is 3.76. The van der Waals surface area contributed by atoms with Crippen LogP contribution in [0.5, 0.6) is 0 Å². The zero-order valence-electron chi connectivity index (χ0n) is 10.5. The lowest BCUT2D eigenvalue weighted by atomic mass is 10.1. The van der Waals surface area contributed by atoms with Crippen LogP contribution in [0.3, 0.4) is 0 Å². The summed E-state index contributed by atoms with van der Waals surface area (Å²) >= 11 is 0. The predicted molar refractivity (Wildman–Crippen MR) is 71.8 cm³/mol. The molecule has 0 fully saturated rings. The third-order valence-corrected chi connectivity index (χ3v) is 2.56. The zero-order chi connectivity index (χ0) is 13.4. The Bertz CT molecular complexity index is 434. The topological polar surface area (TPSA) is 29.5 Å². The molecule has 1 aromatic carbocycles. The van der Waals surface area contributed by atoms with Crippen LogP contribution in [0, 0.1) is 12.3 Å². The maximum atomic E-state index is 11.9. The molecular weight excluding hydrogens is 226 g/mol. The summed E-state index contributed by atoms with van der Waals surface area (Å²) in [5, 5.41) is 0. The summed E-state index contributed by atoms with van der Waals surface area (Å²) in [7, 11) is 1.38. The number of nitrogens with zero attached hydrogens (tertiary/aromatic N) is 1. The summed E-state index contributed by atoms with van der Waals surface area (Å²) in [6.07, 6.45) is 7.06. The molecule has 0 spiro atoms. The molecule has 1 aromatic rings. The smallest absolute Gasteiger partial charge is 0.327 e. The SMILES string of the molecule is C#CCN(CC=C)C(C(=O)OC)c1ccccc1. The Morgan fingerprint density at radius 1 is 1.56 bits per heavy atom. The van der Waals surface area contributed by atoms with Crippen molar-refractivity contribution in [3.05, 3.63) is 48.6 Å². The van der Waals surface area contributed by atoms with E-state index in [1.165, 1.54) is 7.11 Å². The molecule has 1 atom stereocenters. The molecule has 0 aliphatic carbocycles. The van der Waals surface area contributed by atoms with Gasteiger partial charge in [0.1, 0.15) is 6.04 Å². The van der Waals surface area contributed by atoms with E-state index in [1.807, 2.05) is 35.2 Å². The third-order valence-electron chi connectivity index (χ3n) is 2.56. The van der Waals surface area contributed by atoms with Gasteiger partial charge in [0.25, 0.3) is 0 Å². The molecule has 0 saturated carbocycles. The molecule has 1 rings (SSSR count). The van der Waals surface area contributed by atoms with Crippen LogP contribution in [-0.2, 0) is 9.53 Å². The second-order valence-electron chi connectivity index (χ2n) is 3.76. The van der Waals surface area contributed by atoms with E-state index in [2.05, 4.69) is 12.5 Å². The number of hydrogen-bond acceptors (Lipinski definition) is 3. The van der Waals surface area contributed by atoms with Crippen molar-refractivity contribution in [2.24, 2.45) is 0 Å². The third kappa shape index (κ3) is 3.47. The zero-order valence-corrected chi connectivity index (χ0v) is 10.5. The minimum atomic E-state index is -0.495. The van der Waals surface area contributed by atoms with Gasteiger partial charge in [0.15, 0.2) is 0 Å². The fourth-order valence-corrected chi connectivity index (χ4v) is 1.79. The van der Waals surface area contributed by atoms with E-state index in [4.69, 9.17) is 11.2 Å². The highest BCUT2D eigenvalue weighted by atomic mass is 16.5. The Kier molecular flexibility index (Phi) is 5.69. The predicted octanol–water partition coefficient (Wildman–Crippen LogP) is 2.02. The molecule has 0 bridgehead atoms. The van der Waals surface area contributed by atoms with Crippen molar-refractivity contribution in [1.82, 2.24) is 4.90 Å². The Hall–Kier alpha value is -2.05. The van der Waals surface area contributed by atoms with Gasteiger partial charge in [-0.1, -0.05) is 42.3 Å². The van der Waals surface area contributed by atoms with E-state index in [9.17, 15) is 4.79 Å². The molecule has 18 heavy (non-hydrogen) atoms. The lowest BCUT2D eigenvalue weighted by Crippen LogP contribution is -2.35. The molecule has 0 aliphatic rings. The molecule has 94 valence electrons. The van der Waals surface area contributed by atoms with Gasteiger partial charge in [-0.2, -0.15) is 0 Å². The van der Waals surface area contributed by atoms with Gasteiger partial charge in [-0.15, -0.1) is 13.0 Å². The van der Waals surface area contributed by atoms with Crippen molar-refractivity contribution >= 4 is 5.97 Å². The molecule has 0 radical (unpaired) electrons. The summed E-state index contributed by atoms with van der Waals surface area (Å²) < 4.78 is 4.86. The first-order valence-electron chi connectivity index (χ1n) is 5.65. The van der Waals surface area contributed by atoms with Crippen LogP contribution in [0.15, 0.2) is 43.0 Å². The first kappa shape index (κ1) is 14.0. The molecular formula is C15H17NO2. The van der Waals surface area contributed by atoms with Crippen molar-refractivity contribution in [2.45, 2.75) is 6.04 Å². The second kappa shape index (κ2) is 7.31. The van der Waals surface area contributed by atoms with Crippen molar-refractivity contribution in [2.75, 3.05) is 20.2 Å². The molecule has 0 amide bonds. The minimum Gasteiger partial charge on any atom is -0.468 e. The molecule has 0 aromatic heterocycles. The van der Waals surface area contributed by atoms with E-state index in [0.29, 0.717) is 13.1 Å². The van der Waals surface area contributed by atoms with Crippen LogP contribution < -0.4 is 0 Å². The summed E-state index contributed by atoms with van der Waals surface area (Å²) in [5.74, 6) is 2.23. The number of rotatable bonds is 6. The largest absolute Gasteiger partial charge is 0.468 e. The summed E-state index contributed by atoms with van der Waals surface area (Å²) in [6, 6.07) is 8.94. The van der Waals surface area contributed by atoms with Gasteiger partial charge in [-0.05, 0) is 5.56 Å². The Morgan fingerprint density at radius 2 is 2.22 bits per heavy atom. The van der Waals surface area contributed by atoms with Crippen molar-refractivity contribution < 1.29 is 9.53 Å². The Balaban J connectivity index is 3.07. The van der Waals surface area contributed by atoms with Crippen molar-refractivity contribution in [3.8, 4) is 12.3 Å². The molecule has 3 nitrogen and oxygen atoms in total. The van der Waals surface area contributed by atoms with Crippen LogP contribution >= 0.6 is 0 Å². The molecule has 3 heteroatoms. The maximum Gasteiger partial charge on any atom is 0.327 e. The highest BCUT2D eigenvalue weighted by molar-refractivity contribution is 5.77. The van der Waals surface area contributed by atoms with Gasteiger partial charge in [-0.25, -0.2) is 4.79 Å². The van der Waals surface area contributed by atoms with Gasteiger partial charge >= 0.3 is 5.97 Å². The minimum absolute atomic E-state index is 0.321. The van der Waals surface area contributed by atoms with Crippen LogP contribution in [0.25, 0.3) is 0 Å². The number of esters is 1. The quantitative estimate of drug-likeness (QED) is 0.435. The van der Waals surface area contributed by atoms with E-state index in [1.54, 1.807) is 6.08 Å². The normalized spacial score (nSPS) is 11.6. The lowest BCUT2D eigenvalue weighted by Gasteiger charge is -2.27. The number of carbonyl (C=O) groups excluding carboxylic acids is 1. The summed E-state index contributed by atoms with van der Waals surface area (Å²) in [6.45, 7) is 4.57. The summed E-state index contributed by atoms with van der Waals surface area (Å²) in [4.78, 5) is 13.8. The number of ether oxygens (including phenoxy) is 1. The molecule has 0 N–H and O–H groups in total. The van der Waals surface area contributed by atoms with Gasteiger partial charge in [0.2, 0.25) is 0 Å². The van der Waals surface area contributed by atoms with Crippen molar-refractivity contribution in [1.29, 1.82) is 0 Å². The van der Waals surface area contributed by atoms with E-state index in [0.717, 1.165) is 5.56 Å². The van der Waals surface area contributed by atoms with Gasteiger partial charge in [0.05, 0.1) is 13.7 Å². The Labute approximate surface area is 108 Å². The van der Waals surface area contributed by atoms with Crippen LogP contribution in [-0.4, -0.2) is 31.1 Å². The average Bonchev–Trinajstić information content (AvgIpc) is 2.40. The molecule has 1 unspecified atom stereocenters. The lowest BCUT2D eigenvalue weighted by molar-refractivity contribution is -0.146. The fourth-order valence-electron chi connectivity index (χ4n) is 1.79. The summed E-state index contributed by atoms with van der Waals surface area (Å²) in [5.41, 5.74) is 0.862. The Morgan fingerprint density at radius 3 is 2.72 bits per heavy atom. The van der Waals surface area contributed by atoms with Crippen LogP contribution in [0.2, 0.25) is 0 Å². The number of methoxy groups -OCH3 is 1. The maximum absolute atomic E-state index is 11.9. The van der Waals surface area contributed by atoms with Crippen molar-refractivity contribution in [3.63, 3.8) is 0 Å². The number of terminal acetylenes is 1. The highest BCUT2D eigenvalue weighted by Crippen LogP contribution is 2.21. The number of carbonyl (C=O) groups is 1. The van der Waals surface area contributed by atoms with E-state index in [-0.39, 0.29) is 5.97 Å². The monoisotopic (exact) mass is 243 g/mol. The number of benzene rings is 1. The number of hydrogen-bond donors (Lipinski definition) is 0. The standard InChI is InChI=1S/C15H17NO2/c1-4-11-16(12-5-2)14(15(17)18-3)13-9-7-6-8-10-13/h1,5-10,14H,2,11-12H2,3H3. The van der Waals surface area contributed by atoms with Crippen LogP contribution in [0.1, 0.15) is 11.6 Å². The van der Waals surface area contributed by atoms with E-state index < -0.39 is 6.04 Å².